The fourth-order valence-electron chi connectivity index (χ4n) is 2.24. The van der Waals surface area contributed by atoms with E-state index in [-0.39, 0.29) is 5.54 Å². The fourth-order valence-corrected chi connectivity index (χ4v) is 2.41. The molecular weight excluding hydrogens is 222 g/mol. The molecule has 0 bridgehead atoms. The zero-order valence-electron chi connectivity index (χ0n) is 9.28. The average molecular weight is 236 g/mol. The molecule has 0 aliphatic heterocycles. The molecular formula is C12H14ClN3. The average Bonchev–Trinajstić information content (AvgIpc) is 2.91. The van der Waals surface area contributed by atoms with Crippen LogP contribution in [0.1, 0.15) is 25.6 Å². The number of hydrogen-bond donors (Lipinski definition) is 0. The number of imidazole rings is 1. The molecule has 0 amide bonds. The van der Waals surface area contributed by atoms with Gasteiger partial charge in [0.15, 0.2) is 0 Å². The van der Waals surface area contributed by atoms with Gasteiger partial charge in [-0.15, -0.1) is 11.6 Å². The second kappa shape index (κ2) is 3.45. The topological polar surface area (TPSA) is 30.7 Å². The number of pyridine rings is 1. The number of fused-ring (bicyclic) bond motifs is 1. The summed E-state index contributed by atoms with van der Waals surface area (Å²) < 4.78 is 2.35. The summed E-state index contributed by atoms with van der Waals surface area (Å²) in [7, 11) is 0. The first-order valence-corrected chi connectivity index (χ1v) is 6.16. The van der Waals surface area contributed by atoms with Crippen LogP contribution in [0.2, 0.25) is 0 Å². The first-order valence-electron chi connectivity index (χ1n) is 5.62. The van der Waals surface area contributed by atoms with Crippen molar-refractivity contribution < 1.29 is 0 Å². The van der Waals surface area contributed by atoms with Crippen molar-refractivity contribution in [1.82, 2.24) is 14.5 Å². The molecule has 2 heterocycles. The molecule has 3 nitrogen and oxygen atoms in total. The molecule has 84 valence electrons. The van der Waals surface area contributed by atoms with E-state index in [0.29, 0.717) is 5.88 Å². The molecule has 0 N–H and O–H groups in total. The van der Waals surface area contributed by atoms with E-state index in [2.05, 4.69) is 21.5 Å². The van der Waals surface area contributed by atoms with Gasteiger partial charge in [0.2, 0.25) is 0 Å². The summed E-state index contributed by atoms with van der Waals surface area (Å²) in [6.45, 7) is 2.28. The number of rotatable bonds is 3. The number of alkyl halides is 1. The molecule has 0 radical (unpaired) electrons. The normalized spacial score (nSPS) is 17.9. The van der Waals surface area contributed by atoms with E-state index in [1.54, 1.807) is 0 Å². The summed E-state index contributed by atoms with van der Waals surface area (Å²) in [6, 6.07) is 2.05. The predicted molar refractivity (Wildman–Crippen MR) is 64.8 cm³/mol. The van der Waals surface area contributed by atoms with Gasteiger partial charge in [-0.25, -0.2) is 4.98 Å². The minimum absolute atomic E-state index is 0.261. The summed E-state index contributed by atoms with van der Waals surface area (Å²) in [6.07, 6.45) is 6.95. The molecule has 0 saturated heterocycles. The maximum Gasteiger partial charge on any atom is 0.111 e. The molecule has 2 aromatic heterocycles. The van der Waals surface area contributed by atoms with Crippen LogP contribution in [0.3, 0.4) is 0 Å². The zero-order chi connectivity index (χ0) is 11.2. The summed E-state index contributed by atoms with van der Waals surface area (Å²) in [5.41, 5.74) is 2.43. The van der Waals surface area contributed by atoms with E-state index in [1.165, 1.54) is 18.4 Å². The summed E-state index contributed by atoms with van der Waals surface area (Å²) in [4.78, 5) is 8.75. The Morgan fingerprint density at radius 1 is 1.50 bits per heavy atom. The third kappa shape index (κ3) is 1.42. The van der Waals surface area contributed by atoms with Crippen LogP contribution in [0, 0.1) is 0 Å². The SMILES string of the molecule is CC1(n2c(CCCl)nc3cnccc32)CC1. The van der Waals surface area contributed by atoms with Gasteiger partial charge in [0.1, 0.15) is 11.3 Å². The minimum Gasteiger partial charge on any atom is -0.322 e. The largest absolute Gasteiger partial charge is 0.322 e. The lowest BCUT2D eigenvalue weighted by Crippen LogP contribution is -2.16. The lowest BCUT2D eigenvalue weighted by atomic mass is 10.2. The molecule has 4 heteroatoms. The van der Waals surface area contributed by atoms with E-state index in [9.17, 15) is 0 Å². The second-order valence-corrected chi connectivity index (χ2v) is 5.04. The molecule has 16 heavy (non-hydrogen) atoms. The van der Waals surface area contributed by atoms with Crippen LogP contribution in [-0.2, 0) is 12.0 Å². The van der Waals surface area contributed by atoms with Crippen molar-refractivity contribution in [2.75, 3.05) is 5.88 Å². The van der Waals surface area contributed by atoms with Crippen LogP contribution in [0.15, 0.2) is 18.5 Å². The molecule has 1 fully saturated rings. The van der Waals surface area contributed by atoms with Gasteiger partial charge in [-0.1, -0.05) is 0 Å². The maximum atomic E-state index is 5.84. The van der Waals surface area contributed by atoms with E-state index in [4.69, 9.17) is 11.6 Å². The van der Waals surface area contributed by atoms with Crippen LogP contribution >= 0.6 is 11.6 Å². The van der Waals surface area contributed by atoms with Crippen LogP contribution in [0.5, 0.6) is 0 Å². The number of hydrogen-bond acceptors (Lipinski definition) is 2. The monoisotopic (exact) mass is 235 g/mol. The molecule has 1 aliphatic rings. The third-order valence-electron chi connectivity index (χ3n) is 3.36. The second-order valence-electron chi connectivity index (χ2n) is 4.66. The number of nitrogens with zero attached hydrogens (tertiary/aromatic N) is 3. The summed E-state index contributed by atoms with van der Waals surface area (Å²) >= 11 is 5.84. The highest BCUT2D eigenvalue weighted by atomic mass is 35.5. The van der Waals surface area contributed by atoms with Crippen molar-refractivity contribution in [1.29, 1.82) is 0 Å². The molecule has 0 unspecified atom stereocenters. The van der Waals surface area contributed by atoms with Crippen LogP contribution in [0.4, 0.5) is 0 Å². The zero-order valence-corrected chi connectivity index (χ0v) is 10.0. The van der Waals surface area contributed by atoms with Crippen molar-refractivity contribution in [2.24, 2.45) is 0 Å². The maximum absolute atomic E-state index is 5.84. The van der Waals surface area contributed by atoms with Crippen molar-refractivity contribution in [3.8, 4) is 0 Å². The van der Waals surface area contributed by atoms with Gasteiger partial charge in [-0.3, -0.25) is 4.98 Å². The van der Waals surface area contributed by atoms with Crippen molar-refractivity contribution in [3.05, 3.63) is 24.3 Å². The lowest BCUT2D eigenvalue weighted by molar-refractivity contribution is 0.525. The first-order chi connectivity index (χ1) is 7.74. The molecule has 0 spiro atoms. The Balaban J connectivity index is 2.24. The molecule has 3 rings (SSSR count). The Bertz CT molecular complexity index is 528. The van der Waals surface area contributed by atoms with Crippen LogP contribution in [-0.4, -0.2) is 20.4 Å². The van der Waals surface area contributed by atoms with E-state index in [1.807, 2.05) is 18.5 Å². The number of aryl methyl sites for hydroxylation is 1. The van der Waals surface area contributed by atoms with E-state index >= 15 is 0 Å². The van der Waals surface area contributed by atoms with Crippen LogP contribution < -0.4 is 0 Å². The van der Waals surface area contributed by atoms with Gasteiger partial charge in [-0.2, -0.15) is 0 Å². The smallest absolute Gasteiger partial charge is 0.111 e. The molecule has 0 aromatic carbocycles. The van der Waals surface area contributed by atoms with Gasteiger partial charge < -0.3 is 4.57 Å². The molecule has 0 atom stereocenters. The van der Waals surface area contributed by atoms with Gasteiger partial charge in [0, 0.05) is 24.0 Å². The third-order valence-corrected chi connectivity index (χ3v) is 3.55. The fraction of sp³-hybridized carbons (Fsp3) is 0.500. The Morgan fingerprint density at radius 3 is 3.00 bits per heavy atom. The lowest BCUT2D eigenvalue weighted by Gasteiger charge is -2.15. The minimum atomic E-state index is 0.261. The van der Waals surface area contributed by atoms with Crippen molar-refractivity contribution >= 4 is 22.6 Å². The van der Waals surface area contributed by atoms with Crippen LogP contribution in [0.25, 0.3) is 11.0 Å². The predicted octanol–water partition coefficient (Wildman–Crippen LogP) is 2.72. The highest BCUT2D eigenvalue weighted by molar-refractivity contribution is 6.17. The highest BCUT2D eigenvalue weighted by Crippen LogP contribution is 2.45. The molecule has 1 saturated carbocycles. The van der Waals surface area contributed by atoms with Gasteiger partial charge in [-0.05, 0) is 25.8 Å². The molecule has 2 aromatic rings. The first kappa shape index (κ1) is 10.1. The van der Waals surface area contributed by atoms with Gasteiger partial charge in [0.05, 0.1) is 11.7 Å². The van der Waals surface area contributed by atoms with E-state index in [0.717, 1.165) is 17.8 Å². The molecule has 1 aliphatic carbocycles. The summed E-state index contributed by atoms with van der Waals surface area (Å²) in [5, 5.41) is 0. The quantitative estimate of drug-likeness (QED) is 0.766. The van der Waals surface area contributed by atoms with Crippen molar-refractivity contribution in [3.63, 3.8) is 0 Å². The Labute approximate surface area is 99.5 Å². The standard InChI is InChI=1S/C12H14ClN3/c1-12(4-5-12)16-10-3-7-14-8-9(10)15-11(16)2-6-13/h3,7-8H,2,4-6H2,1H3. The Morgan fingerprint density at radius 2 is 2.31 bits per heavy atom. The Kier molecular flexibility index (Phi) is 2.18. The van der Waals surface area contributed by atoms with Gasteiger partial charge in [0.25, 0.3) is 0 Å². The highest BCUT2D eigenvalue weighted by Gasteiger charge is 2.41. The Hall–Kier alpha value is -1.09. The number of halogens is 1. The van der Waals surface area contributed by atoms with E-state index < -0.39 is 0 Å². The number of aromatic nitrogens is 3. The summed E-state index contributed by atoms with van der Waals surface area (Å²) in [5.74, 6) is 1.71. The van der Waals surface area contributed by atoms with Crippen molar-refractivity contribution in [2.45, 2.75) is 31.7 Å². The van der Waals surface area contributed by atoms with Gasteiger partial charge >= 0.3 is 0 Å².